The van der Waals surface area contributed by atoms with E-state index in [1.54, 1.807) is 25.1 Å². The zero-order valence-electron chi connectivity index (χ0n) is 9.92. The predicted molar refractivity (Wildman–Crippen MR) is 76.8 cm³/mol. The topological polar surface area (TPSA) is 95.8 Å². The van der Waals surface area contributed by atoms with E-state index in [1.165, 1.54) is 0 Å². The van der Waals surface area contributed by atoms with Gasteiger partial charge in [-0.3, -0.25) is 10.4 Å². The molecule has 100 valence electrons. The van der Waals surface area contributed by atoms with Gasteiger partial charge in [-0.05, 0) is 25.1 Å². The minimum Gasteiger partial charge on any atom is -0.394 e. The lowest BCUT2D eigenvalue weighted by molar-refractivity contribution is 0.262. The van der Waals surface area contributed by atoms with Gasteiger partial charge in [0, 0.05) is 5.02 Å². The van der Waals surface area contributed by atoms with E-state index < -0.39 is 6.03 Å². The van der Waals surface area contributed by atoms with Gasteiger partial charge >= 0.3 is 6.03 Å². The highest BCUT2D eigenvalue weighted by atomic mass is 35.5. The number of nitrogens with two attached hydrogens (primary N) is 1. The molecule has 0 radical (unpaired) electrons. The van der Waals surface area contributed by atoms with Gasteiger partial charge in [0.25, 0.3) is 0 Å². The minimum absolute atomic E-state index is 0.258. The van der Waals surface area contributed by atoms with Crippen molar-refractivity contribution in [2.24, 2.45) is 0 Å². The van der Waals surface area contributed by atoms with E-state index in [-0.39, 0.29) is 5.82 Å². The van der Waals surface area contributed by atoms with Crippen LogP contribution in [0.25, 0.3) is 0 Å². The number of aromatic amines is 1. The summed E-state index contributed by atoms with van der Waals surface area (Å²) in [5.41, 5.74) is 7.17. The molecule has 1 heterocycles. The SMILES string of the molecule is Cc1[nH]nc(NC(=O)Nc2cc(Cl)ccc2Cl)c1N. The molecule has 6 nitrogen and oxygen atoms in total. The molecular formula is C11H11Cl2N5O. The van der Waals surface area contributed by atoms with Crippen LogP contribution in [-0.4, -0.2) is 16.2 Å². The lowest BCUT2D eigenvalue weighted by Crippen LogP contribution is -2.20. The van der Waals surface area contributed by atoms with Crippen molar-refractivity contribution in [3.63, 3.8) is 0 Å². The number of halogens is 2. The molecular weight excluding hydrogens is 289 g/mol. The monoisotopic (exact) mass is 299 g/mol. The number of anilines is 3. The molecule has 19 heavy (non-hydrogen) atoms. The molecule has 5 N–H and O–H groups in total. The summed E-state index contributed by atoms with van der Waals surface area (Å²) in [4.78, 5) is 11.8. The summed E-state index contributed by atoms with van der Waals surface area (Å²) >= 11 is 11.8. The van der Waals surface area contributed by atoms with Gasteiger partial charge in [-0.25, -0.2) is 4.79 Å². The van der Waals surface area contributed by atoms with Crippen LogP contribution in [0.3, 0.4) is 0 Å². The number of nitrogen functional groups attached to an aromatic ring is 1. The third-order valence-electron chi connectivity index (χ3n) is 2.40. The molecule has 1 aromatic heterocycles. The normalized spacial score (nSPS) is 10.3. The molecule has 0 saturated heterocycles. The zero-order chi connectivity index (χ0) is 14.0. The number of carbonyl (C=O) groups is 1. The molecule has 2 rings (SSSR count). The van der Waals surface area contributed by atoms with Crippen molar-refractivity contribution in [2.75, 3.05) is 16.4 Å². The van der Waals surface area contributed by atoms with Crippen molar-refractivity contribution >= 4 is 46.4 Å². The standard InChI is InChI=1S/C11H11Cl2N5O/c1-5-9(14)10(18-17-5)16-11(19)15-8-4-6(12)2-3-7(8)13/h2-4H,14H2,1H3,(H3,15,16,17,18,19). The van der Waals surface area contributed by atoms with Gasteiger partial charge in [-0.15, -0.1) is 0 Å². The molecule has 2 amide bonds. The molecule has 2 aromatic rings. The Kier molecular flexibility index (Phi) is 3.82. The quantitative estimate of drug-likeness (QED) is 0.685. The first-order valence-electron chi connectivity index (χ1n) is 5.31. The molecule has 0 fully saturated rings. The van der Waals surface area contributed by atoms with Gasteiger partial charge < -0.3 is 11.1 Å². The Bertz CT molecular complexity index is 626. The molecule has 0 atom stereocenters. The lowest BCUT2D eigenvalue weighted by atomic mass is 10.3. The number of hydrogen-bond acceptors (Lipinski definition) is 3. The minimum atomic E-state index is -0.512. The summed E-state index contributed by atoms with van der Waals surface area (Å²) in [6.07, 6.45) is 0. The first-order valence-corrected chi connectivity index (χ1v) is 6.06. The molecule has 8 heteroatoms. The molecule has 1 aromatic carbocycles. The van der Waals surface area contributed by atoms with Crippen LogP contribution < -0.4 is 16.4 Å². The summed E-state index contributed by atoms with van der Waals surface area (Å²) in [6.45, 7) is 1.75. The maximum Gasteiger partial charge on any atom is 0.325 e. The number of benzene rings is 1. The Labute approximate surface area is 119 Å². The van der Waals surface area contributed by atoms with E-state index in [9.17, 15) is 4.79 Å². The molecule has 0 unspecified atom stereocenters. The zero-order valence-corrected chi connectivity index (χ0v) is 11.4. The van der Waals surface area contributed by atoms with Gasteiger partial charge in [0.05, 0.1) is 22.1 Å². The van der Waals surface area contributed by atoms with E-state index in [0.717, 1.165) is 0 Å². The fourth-order valence-corrected chi connectivity index (χ4v) is 1.72. The van der Waals surface area contributed by atoms with Gasteiger partial charge in [-0.2, -0.15) is 5.10 Å². The summed E-state index contributed by atoms with van der Waals surface area (Å²) in [5, 5.41) is 12.4. The second kappa shape index (κ2) is 5.38. The van der Waals surface area contributed by atoms with Crippen LogP contribution >= 0.6 is 23.2 Å². The Morgan fingerprint density at radius 2 is 2.11 bits per heavy atom. The van der Waals surface area contributed by atoms with Crippen LogP contribution in [0.2, 0.25) is 10.0 Å². The van der Waals surface area contributed by atoms with E-state index in [4.69, 9.17) is 28.9 Å². The fraction of sp³-hybridized carbons (Fsp3) is 0.0909. The second-order valence-electron chi connectivity index (χ2n) is 3.81. The first kappa shape index (κ1) is 13.5. The van der Waals surface area contributed by atoms with Gasteiger partial charge in [0.2, 0.25) is 0 Å². The number of urea groups is 1. The smallest absolute Gasteiger partial charge is 0.325 e. The third kappa shape index (κ3) is 3.10. The van der Waals surface area contributed by atoms with Crippen LogP contribution in [0.5, 0.6) is 0 Å². The van der Waals surface area contributed by atoms with Crippen LogP contribution in [-0.2, 0) is 0 Å². The average molecular weight is 300 g/mol. The van der Waals surface area contributed by atoms with Crippen molar-refractivity contribution < 1.29 is 4.79 Å². The van der Waals surface area contributed by atoms with Crippen LogP contribution in [0.1, 0.15) is 5.69 Å². The molecule has 0 bridgehead atoms. The predicted octanol–water partition coefficient (Wildman–Crippen LogP) is 3.25. The highest BCUT2D eigenvalue weighted by Crippen LogP contribution is 2.26. The van der Waals surface area contributed by atoms with E-state index in [0.29, 0.717) is 27.1 Å². The highest BCUT2D eigenvalue weighted by molar-refractivity contribution is 6.35. The maximum atomic E-state index is 11.8. The maximum absolute atomic E-state index is 11.8. The van der Waals surface area contributed by atoms with Crippen molar-refractivity contribution in [3.8, 4) is 0 Å². The van der Waals surface area contributed by atoms with E-state index in [2.05, 4.69) is 20.8 Å². The Balaban J connectivity index is 2.09. The first-order chi connectivity index (χ1) is 8.97. The Morgan fingerprint density at radius 3 is 2.74 bits per heavy atom. The number of amides is 2. The number of hydrogen-bond donors (Lipinski definition) is 4. The van der Waals surface area contributed by atoms with E-state index in [1.807, 2.05) is 0 Å². The highest BCUT2D eigenvalue weighted by Gasteiger charge is 2.11. The molecule has 0 aliphatic heterocycles. The third-order valence-corrected chi connectivity index (χ3v) is 2.97. The number of nitrogens with zero attached hydrogens (tertiary/aromatic N) is 1. The number of aromatic nitrogens is 2. The van der Waals surface area contributed by atoms with Crippen LogP contribution in [0.15, 0.2) is 18.2 Å². The van der Waals surface area contributed by atoms with E-state index >= 15 is 0 Å². The number of aryl methyl sites for hydroxylation is 1. The number of carbonyl (C=O) groups excluding carboxylic acids is 1. The number of nitrogens with one attached hydrogen (secondary N) is 3. The summed E-state index contributed by atoms with van der Waals surface area (Å²) in [7, 11) is 0. The number of H-pyrrole nitrogens is 1. The molecule has 0 spiro atoms. The van der Waals surface area contributed by atoms with Crippen molar-refractivity contribution in [1.82, 2.24) is 10.2 Å². The largest absolute Gasteiger partial charge is 0.394 e. The van der Waals surface area contributed by atoms with Crippen LogP contribution in [0, 0.1) is 6.92 Å². The molecule has 0 saturated carbocycles. The average Bonchev–Trinajstić information content (AvgIpc) is 2.66. The number of rotatable bonds is 2. The summed E-state index contributed by atoms with van der Waals surface area (Å²) in [5.74, 6) is 0.258. The molecule has 0 aliphatic rings. The Morgan fingerprint density at radius 1 is 1.37 bits per heavy atom. The molecule has 0 aliphatic carbocycles. The van der Waals surface area contributed by atoms with Crippen molar-refractivity contribution in [1.29, 1.82) is 0 Å². The summed E-state index contributed by atoms with van der Waals surface area (Å²) < 4.78 is 0. The van der Waals surface area contributed by atoms with Gasteiger partial charge in [-0.1, -0.05) is 23.2 Å². The van der Waals surface area contributed by atoms with Crippen LogP contribution in [0.4, 0.5) is 22.0 Å². The fourth-order valence-electron chi connectivity index (χ4n) is 1.39. The second-order valence-corrected chi connectivity index (χ2v) is 4.66. The lowest BCUT2D eigenvalue weighted by Gasteiger charge is -2.08. The van der Waals surface area contributed by atoms with Crippen molar-refractivity contribution in [3.05, 3.63) is 33.9 Å². The van der Waals surface area contributed by atoms with Crippen molar-refractivity contribution in [2.45, 2.75) is 6.92 Å². The summed E-state index contributed by atoms with van der Waals surface area (Å²) in [6, 6.07) is 4.25. The van der Waals surface area contributed by atoms with Gasteiger partial charge in [0.15, 0.2) is 5.82 Å². The van der Waals surface area contributed by atoms with Gasteiger partial charge in [0.1, 0.15) is 0 Å². The Hall–Kier alpha value is -1.92.